The van der Waals surface area contributed by atoms with Gasteiger partial charge < -0.3 is 19.7 Å². The number of amides is 1. The highest BCUT2D eigenvalue weighted by Gasteiger charge is 2.55. The zero-order valence-corrected chi connectivity index (χ0v) is 11.5. The largest absolute Gasteiger partial charge is 0.392 e. The third-order valence-electron chi connectivity index (χ3n) is 4.52. The van der Waals surface area contributed by atoms with E-state index >= 15 is 0 Å². The van der Waals surface area contributed by atoms with E-state index in [0.29, 0.717) is 31.9 Å². The van der Waals surface area contributed by atoms with E-state index in [0.717, 1.165) is 12.8 Å². The van der Waals surface area contributed by atoms with Crippen molar-refractivity contribution >= 4 is 5.91 Å². The molecule has 2 N–H and O–H groups in total. The van der Waals surface area contributed by atoms with Crippen molar-refractivity contribution in [1.82, 2.24) is 15.5 Å². The topological polar surface area (TPSA) is 97.5 Å². The lowest BCUT2D eigenvalue weighted by Crippen LogP contribution is -2.65. The number of carbonyl (C=O) groups is 1. The first-order valence-corrected chi connectivity index (χ1v) is 7.05. The first-order chi connectivity index (χ1) is 9.65. The van der Waals surface area contributed by atoms with Crippen LogP contribution >= 0.6 is 0 Å². The molecule has 0 bridgehead atoms. The van der Waals surface area contributed by atoms with E-state index in [1.165, 1.54) is 0 Å². The summed E-state index contributed by atoms with van der Waals surface area (Å²) >= 11 is 0. The van der Waals surface area contributed by atoms with Gasteiger partial charge in [0, 0.05) is 31.1 Å². The molecule has 3 rings (SSSR count). The van der Waals surface area contributed by atoms with Crippen molar-refractivity contribution in [3.05, 3.63) is 11.7 Å². The van der Waals surface area contributed by atoms with Gasteiger partial charge in [-0.05, 0) is 19.3 Å². The molecule has 1 aromatic heterocycles. The molecular weight excluding hydrogens is 262 g/mol. The average Bonchev–Trinajstić information content (AvgIpc) is 2.97. The summed E-state index contributed by atoms with van der Waals surface area (Å²) in [6, 6.07) is -0.0440. The van der Waals surface area contributed by atoms with Crippen molar-refractivity contribution in [3.63, 3.8) is 0 Å². The Morgan fingerprint density at radius 2 is 2.25 bits per heavy atom. The summed E-state index contributed by atoms with van der Waals surface area (Å²) in [7, 11) is 0. The molecule has 1 spiro atoms. The quantitative estimate of drug-likeness (QED) is 0.826. The Labute approximate surface area is 116 Å². The number of hydrogen-bond acceptors (Lipinski definition) is 6. The number of aliphatic hydroxyl groups excluding tert-OH is 1. The minimum absolute atomic E-state index is 0.0440. The Morgan fingerprint density at radius 3 is 2.85 bits per heavy atom. The lowest BCUT2D eigenvalue weighted by atomic mass is 9.58. The smallest absolute Gasteiger partial charge is 0.292 e. The maximum atomic E-state index is 12.1. The summed E-state index contributed by atoms with van der Waals surface area (Å²) < 4.78 is 10.3. The molecule has 0 unspecified atom stereocenters. The second-order valence-corrected chi connectivity index (χ2v) is 5.49. The number of nitrogens with one attached hydrogen (secondary N) is 1. The molecule has 2 heterocycles. The molecular formula is C13H19N3O4. The normalized spacial score (nSPS) is 28.1. The van der Waals surface area contributed by atoms with E-state index in [-0.39, 0.29) is 29.3 Å². The number of ether oxygens (including phenoxy) is 1. The lowest BCUT2D eigenvalue weighted by Gasteiger charge is -2.55. The van der Waals surface area contributed by atoms with Gasteiger partial charge in [-0.1, -0.05) is 12.1 Å². The molecule has 1 saturated carbocycles. The van der Waals surface area contributed by atoms with Crippen molar-refractivity contribution in [1.29, 1.82) is 0 Å². The Bertz CT molecular complexity index is 496. The molecule has 2 aliphatic rings. The van der Waals surface area contributed by atoms with E-state index in [4.69, 9.17) is 9.26 Å². The highest BCUT2D eigenvalue weighted by Crippen LogP contribution is 2.48. The number of aryl methyl sites for hydroxylation is 1. The van der Waals surface area contributed by atoms with Gasteiger partial charge in [0.15, 0.2) is 0 Å². The van der Waals surface area contributed by atoms with E-state index in [1.807, 2.05) is 6.92 Å². The maximum absolute atomic E-state index is 12.1. The number of aromatic nitrogens is 2. The zero-order valence-electron chi connectivity index (χ0n) is 11.5. The van der Waals surface area contributed by atoms with Crippen molar-refractivity contribution in [2.24, 2.45) is 5.41 Å². The lowest BCUT2D eigenvalue weighted by molar-refractivity contribution is -0.145. The van der Waals surface area contributed by atoms with Crippen molar-refractivity contribution in [3.8, 4) is 0 Å². The number of hydrogen-bond donors (Lipinski definition) is 2. The summed E-state index contributed by atoms with van der Waals surface area (Å²) in [6.45, 7) is 3.14. The van der Waals surface area contributed by atoms with Crippen LogP contribution in [0.4, 0.5) is 0 Å². The predicted molar refractivity (Wildman–Crippen MR) is 68.0 cm³/mol. The van der Waals surface area contributed by atoms with E-state index < -0.39 is 0 Å². The molecule has 1 saturated heterocycles. The fraction of sp³-hybridized carbons (Fsp3) is 0.769. The molecule has 7 heteroatoms. The molecule has 2 atom stereocenters. The van der Waals surface area contributed by atoms with E-state index in [1.54, 1.807) is 0 Å². The van der Waals surface area contributed by atoms with Crippen LogP contribution in [0.5, 0.6) is 0 Å². The van der Waals surface area contributed by atoms with Gasteiger partial charge in [0.1, 0.15) is 0 Å². The van der Waals surface area contributed by atoms with Crippen LogP contribution in [0.1, 0.15) is 42.7 Å². The first-order valence-electron chi connectivity index (χ1n) is 7.05. The highest BCUT2D eigenvalue weighted by molar-refractivity contribution is 5.90. The summed E-state index contributed by atoms with van der Waals surface area (Å²) in [5.74, 6) is 0.172. The summed E-state index contributed by atoms with van der Waals surface area (Å²) in [4.78, 5) is 16.1. The van der Waals surface area contributed by atoms with Crippen LogP contribution in [-0.4, -0.2) is 46.5 Å². The third kappa shape index (κ3) is 2.10. The third-order valence-corrected chi connectivity index (χ3v) is 4.52. The first kappa shape index (κ1) is 13.5. The monoisotopic (exact) mass is 281 g/mol. The Morgan fingerprint density at radius 1 is 1.50 bits per heavy atom. The summed E-state index contributed by atoms with van der Waals surface area (Å²) in [6.07, 6.45) is 2.35. The zero-order chi connectivity index (χ0) is 14.2. The Kier molecular flexibility index (Phi) is 3.47. The Hall–Kier alpha value is -1.47. The molecule has 1 aromatic rings. The number of rotatable bonds is 3. The Balaban J connectivity index is 1.67. The summed E-state index contributed by atoms with van der Waals surface area (Å²) in [5.41, 5.74) is -0.245. The maximum Gasteiger partial charge on any atom is 0.292 e. The van der Waals surface area contributed by atoms with E-state index in [9.17, 15) is 9.90 Å². The summed E-state index contributed by atoms with van der Waals surface area (Å²) in [5, 5.41) is 16.6. The van der Waals surface area contributed by atoms with Gasteiger partial charge in [0.25, 0.3) is 11.7 Å². The molecule has 110 valence electrons. The number of aliphatic hydroxyl groups is 1. The van der Waals surface area contributed by atoms with Crippen LogP contribution in [0.3, 0.4) is 0 Å². The minimum atomic E-state index is -0.367. The van der Waals surface area contributed by atoms with Gasteiger partial charge in [-0.25, -0.2) is 0 Å². The van der Waals surface area contributed by atoms with Gasteiger partial charge in [-0.3, -0.25) is 4.79 Å². The SMILES string of the molecule is CCc1nc(C(=O)N[C@@H]2C[C@@H](O)C23CCOCC3)no1. The van der Waals surface area contributed by atoms with Crippen LogP contribution in [0.15, 0.2) is 4.52 Å². The van der Waals surface area contributed by atoms with Gasteiger partial charge in [-0.15, -0.1) is 0 Å². The van der Waals surface area contributed by atoms with Crippen LogP contribution in [0.25, 0.3) is 0 Å². The molecule has 7 nitrogen and oxygen atoms in total. The standard InChI is InChI=1S/C13H19N3O4/c1-2-10-15-11(16-20-10)12(18)14-8-7-9(17)13(8)3-5-19-6-4-13/h8-9,17H,2-7H2,1H3,(H,14,18)/t8-,9-/m1/s1. The molecule has 0 aromatic carbocycles. The fourth-order valence-electron chi connectivity index (χ4n) is 3.11. The van der Waals surface area contributed by atoms with Gasteiger partial charge in [0.2, 0.25) is 5.89 Å². The number of carbonyl (C=O) groups excluding carboxylic acids is 1. The van der Waals surface area contributed by atoms with Crippen LogP contribution < -0.4 is 5.32 Å². The fourth-order valence-corrected chi connectivity index (χ4v) is 3.11. The highest BCUT2D eigenvalue weighted by atomic mass is 16.5. The molecule has 1 aliphatic heterocycles. The molecule has 1 aliphatic carbocycles. The molecule has 0 radical (unpaired) electrons. The second-order valence-electron chi connectivity index (χ2n) is 5.49. The molecule has 1 amide bonds. The minimum Gasteiger partial charge on any atom is -0.392 e. The van der Waals surface area contributed by atoms with Gasteiger partial charge in [0.05, 0.1) is 6.10 Å². The van der Waals surface area contributed by atoms with Crippen molar-refractivity contribution in [2.75, 3.05) is 13.2 Å². The van der Waals surface area contributed by atoms with Crippen molar-refractivity contribution < 1.29 is 19.2 Å². The van der Waals surface area contributed by atoms with Crippen LogP contribution in [-0.2, 0) is 11.2 Å². The average molecular weight is 281 g/mol. The van der Waals surface area contributed by atoms with E-state index in [2.05, 4.69) is 15.5 Å². The van der Waals surface area contributed by atoms with Gasteiger partial charge in [-0.2, -0.15) is 4.98 Å². The number of nitrogens with zero attached hydrogens (tertiary/aromatic N) is 2. The second kappa shape index (κ2) is 5.14. The van der Waals surface area contributed by atoms with Crippen LogP contribution in [0.2, 0.25) is 0 Å². The predicted octanol–water partition coefficient (Wildman–Crippen LogP) is 0.292. The van der Waals surface area contributed by atoms with Crippen molar-refractivity contribution in [2.45, 2.75) is 44.8 Å². The molecule has 2 fully saturated rings. The molecule has 20 heavy (non-hydrogen) atoms. The van der Waals surface area contributed by atoms with Crippen LogP contribution in [0, 0.1) is 5.41 Å². The van der Waals surface area contributed by atoms with Gasteiger partial charge >= 0.3 is 0 Å².